The molecule has 0 bridgehead atoms. The zero-order valence-corrected chi connectivity index (χ0v) is 17.4. The lowest BCUT2D eigenvalue weighted by Gasteiger charge is -2.56. The standard InChI is InChI=1S/C21H25ClN2O4/c1-10-17(11(2)28-24-10)12-8-14-16(9-15(12)22)23-19(3,4)21(27)7-6-13(18(25)26)20(14,21)5/h8-9,13,23,27H,6-7H2,1-5H3,(H,25,26). The van der Waals surface area contributed by atoms with Crippen LogP contribution in [0.25, 0.3) is 11.1 Å². The summed E-state index contributed by atoms with van der Waals surface area (Å²) in [7, 11) is 0. The molecule has 1 saturated carbocycles. The van der Waals surface area contributed by atoms with E-state index in [4.69, 9.17) is 16.1 Å². The van der Waals surface area contributed by atoms with Crippen molar-refractivity contribution in [3.05, 3.63) is 34.2 Å². The number of hydrogen-bond donors (Lipinski definition) is 3. The smallest absolute Gasteiger partial charge is 0.307 e. The number of nitrogens with zero attached hydrogens (tertiary/aromatic N) is 1. The van der Waals surface area contributed by atoms with Crippen LogP contribution in [0.3, 0.4) is 0 Å². The Morgan fingerprint density at radius 3 is 2.57 bits per heavy atom. The quantitative estimate of drug-likeness (QED) is 0.690. The molecule has 150 valence electrons. The normalized spacial score (nSPS) is 30.5. The third kappa shape index (κ3) is 2.19. The van der Waals surface area contributed by atoms with Crippen molar-refractivity contribution in [2.24, 2.45) is 5.92 Å². The minimum atomic E-state index is -1.22. The molecule has 2 heterocycles. The highest BCUT2D eigenvalue weighted by Gasteiger charge is 2.68. The van der Waals surface area contributed by atoms with E-state index in [1.54, 1.807) is 0 Å². The molecular weight excluding hydrogens is 380 g/mol. The van der Waals surface area contributed by atoms with E-state index < -0.39 is 28.4 Å². The molecule has 28 heavy (non-hydrogen) atoms. The number of hydrogen-bond acceptors (Lipinski definition) is 5. The summed E-state index contributed by atoms with van der Waals surface area (Å²) in [6.07, 6.45) is 0.819. The Hall–Kier alpha value is -2.05. The van der Waals surface area contributed by atoms with E-state index in [9.17, 15) is 15.0 Å². The van der Waals surface area contributed by atoms with E-state index in [1.165, 1.54) is 0 Å². The number of fused-ring (bicyclic) bond motifs is 3. The molecule has 3 atom stereocenters. The van der Waals surface area contributed by atoms with Gasteiger partial charge in [-0.3, -0.25) is 4.79 Å². The molecule has 0 amide bonds. The van der Waals surface area contributed by atoms with Gasteiger partial charge in [-0.25, -0.2) is 0 Å². The highest BCUT2D eigenvalue weighted by atomic mass is 35.5. The first-order valence-corrected chi connectivity index (χ1v) is 9.82. The molecule has 2 aliphatic rings. The maximum absolute atomic E-state index is 12.1. The molecule has 0 saturated heterocycles. The minimum absolute atomic E-state index is 0.406. The Balaban J connectivity index is 2.04. The van der Waals surface area contributed by atoms with Crippen LogP contribution in [0, 0.1) is 19.8 Å². The summed E-state index contributed by atoms with van der Waals surface area (Å²) < 4.78 is 5.31. The molecule has 1 aliphatic heterocycles. The molecule has 1 aromatic carbocycles. The summed E-state index contributed by atoms with van der Waals surface area (Å²) in [5.74, 6) is -0.947. The summed E-state index contributed by atoms with van der Waals surface area (Å²) in [4.78, 5) is 12.1. The Labute approximate surface area is 168 Å². The summed E-state index contributed by atoms with van der Waals surface area (Å²) >= 11 is 6.62. The molecule has 3 N–H and O–H groups in total. The number of rotatable bonds is 2. The summed E-state index contributed by atoms with van der Waals surface area (Å²) in [5, 5.41) is 29.7. The zero-order chi connectivity index (χ0) is 20.6. The van der Waals surface area contributed by atoms with Crippen molar-refractivity contribution < 1.29 is 19.5 Å². The van der Waals surface area contributed by atoms with Crippen LogP contribution in [-0.4, -0.2) is 32.5 Å². The Morgan fingerprint density at radius 1 is 1.32 bits per heavy atom. The second-order valence-corrected chi connectivity index (χ2v) is 9.23. The zero-order valence-electron chi connectivity index (χ0n) is 16.7. The number of aliphatic carboxylic acids is 1. The van der Waals surface area contributed by atoms with E-state index >= 15 is 0 Å². The molecule has 3 unspecified atom stereocenters. The lowest BCUT2D eigenvalue weighted by atomic mass is 9.57. The van der Waals surface area contributed by atoms with E-state index in [0.717, 1.165) is 22.4 Å². The van der Waals surface area contributed by atoms with E-state index in [0.29, 0.717) is 29.3 Å². The van der Waals surface area contributed by atoms with Crippen molar-refractivity contribution in [1.29, 1.82) is 0 Å². The second-order valence-electron chi connectivity index (χ2n) is 8.82. The molecule has 1 aliphatic carbocycles. The number of benzene rings is 1. The molecule has 4 rings (SSSR count). The van der Waals surface area contributed by atoms with E-state index in [1.807, 2.05) is 46.8 Å². The van der Waals surface area contributed by atoms with Crippen molar-refractivity contribution in [1.82, 2.24) is 5.16 Å². The maximum Gasteiger partial charge on any atom is 0.307 e. The first kappa shape index (κ1) is 19.3. The van der Waals surface area contributed by atoms with Gasteiger partial charge in [0.1, 0.15) is 5.76 Å². The van der Waals surface area contributed by atoms with Crippen LogP contribution in [0.1, 0.15) is 50.6 Å². The SMILES string of the molecule is Cc1noc(C)c1-c1cc2c(cc1Cl)NC(C)(C)C1(O)CCC(C(=O)O)C21C. The Bertz CT molecular complexity index is 979. The van der Waals surface area contributed by atoms with Gasteiger partial charge in [0.05, 0.1) is 27.8 Å². The van der Waals surface area contributed by atoms with Gasteiger partial charge in [0, 0.05) is 22.2 Å². The Kier molecular flexibility index (Phi) is 3.95. The van der Waals surface area contributed by atoms with Gasteiger partial charge < -0.3 is 20.1 Å². The first-order valence-electron chi connectivity index (χ1n) is 9.44. The lowest BCUT2D eigenvalue weighted by Crippen LogP contribution is -2.67. The predicted molar refractivity (Wildman–Crippen MR) is 107 cm³/mol. The number of carbonyl (C=O) groups is 1. The van der Waals surface area contributed by atoms with Crippen LogP contribution in [0.15, 0.2) is 16.7 Å². The average Bonchev–Trinajstić information content (AvgIpc) is 3.06. The third-order valence-corrected chi connectivity index (χ3v) is 7.41. The van der Waals surface area contributed by atoms with Gasteiger partial charge in [-0.05, 0) is 58.2 Å². The number of anilines is 1. The molecule has 1 fully saturated rings. The van der Waals surface area contributed by atoms with Gasteiger partial charge >= 0.3 is 5.97 Å². The van der Waals surface area contributed by atoms with Gasteiger partial charge in [-0.15, -0.1) is 0 Å². The van der Waals surface area contributed by atoms with Crippen LogP contribution in [-0.2, 0) is 10.2 Å². The maximum atomic E-state index is 12.1. The fourth-order valence-corrected chi connectivity index (χ4v) is 5.80. The van der Waals surface area contributed by atoms with Crippen LogP contribution in [0.4, 0.5) is 5.69 Å². The number of nitrogens with one attached hydrogen (secondary N) is 1. The van der Waals surface area contributed by atoms with Crippen molar-refractivity contribution in [3.8, 4) is 11.1 Å². The highest BCUT2D eigenvalue weighted by molar-refractivity contribution is 6.33. The summed E-state index contributed by atoms with van der Waals surface area (Å²) in [6.45, 7) is 9.35. The number of aromatic nitrogens is 1. The average molecular weight is 405 g/mol. The molecule has 1 aromatic heterocycles. The van der Waals surface area contributed by atoms with Gasteiger partial charge in [0.2, 0.25) is 0 Å². The first-order chi connectivity index (χ1) is 12.9. The molecule has 0 radical (unpaired) electrons. The summed E-state index contributed by atoms with van der Waals surface area (Å²) in [5.41, 5.74) is 0.857. The highest BCUT2D eigenvalue weighted by Crippen LogP contribution is 2.62. The topological polar surface area (TPSA) is 95.6 Å². The number of halogens is 1. The fourth-order valence-electron chi connectivity index (χ4n) is 5.54. The molecule has 2 aromatic rings. The van der Waals surface area contributed by atoms with Crippen molar-refractivity contribution >= 4 is 23.3 Å². The van der Waals surface area contributed by atoms with Crippen molar-refractivity contribution in [2.45, 2.75) is 64.0 Å². The van der Waals surface area contributed by atoms with Gasteiger partial charge in [0.25, 0.3) is 0 Å². The van der Waals surface area contributed by atoms with Crippen molar-refractivity contribution in [3.63, 3.8) is 0 Å². The van der Waals surface area contributed by atoms with Crippen LogP contribution >= 0.6 is 11.6 Å². The van der Waals surface area contributed by atoms with E-state index in [-0.39, 0.29) is 0 Å². The van der Waals surface area contributed by atoms with Gasteiger partial charge in [-0.2, -0.15) is 0 Å². The van der Waals surface area contributed by atoms with Gasteiger partial charge in [0.15, 0.2) is 0 Å². The largest absolute Gasteiger partial charge is 0.481 e. The van der Waals surface area contributed by atoms with Crippen LogP contribution in [0.2, 0.25) is 5.02 Å². The molecular formula is C21H25ClN2O4. The monoisotopic (exact) mass is 404 g/mol. The van der Waals surface area contributed by atoms with E-state index in [2.05, 4.69) is 10.5 Å². The van der Waals surface area contributed by atoms with Crippen molar-refractivity contribution in [2.75, 3.05) is 5.32 Å². The fraction of sp³-hybridized carbons (Fsp3) is 0.524. The lowest BCUT2D eigenvalue weighted by molar-refractivity contribution is -0.147. The minimum Gasteiger partial charge on any atom is -0.481 e. The van der Waals surface area contributed by atoms with Gasteiger partial charge in [-0.1, -0.05) is 23.7 Å². The predicted octanol–water partition coefficient (Wildman–Crippen LogP) is 4.30. The number of carboxylic acid groups (broad SMARTS) is 1. The summed E-state index contributed by atoms with van der Waals surface area (Å²) in [6, 6.07) is 3.72. The number of carboxylic acids is 1. The van der Waals surface area contributed by atoms with Crippen LogP contribution < -0.4 is 5.32 Å². The third-order valence-electron chi connectivity index (χ3n) is 7.10. The van der Waals surface area contributed by atoms with Crippen LogP contribution in [0.5, 0.6) is 0 Å². The molecule has 0 spiro atoms. The number of aryl methyl sites for hydroxylation is 2. The molecule has 7 heteroatoms. The second kappa shape index (κ2) is 5.74. The molecule has 6 nitrogen and oxygen atoms in total. The number of aliphatic hydroxyl groups is 1. The Morgan fingerprint density at radius 2 is 2.00 bits per heavy atom.